The molecule has 0 spiro atoms. The third kappa shape index (κ3) is 6.45. The van der Waals surface area contributed by atoms with E-state index in [1.165, 1.54) is 51.7 Å². The summed E-state index contributed by atoms with van der Waals surface area (Å²) in [6.45, 7) is 6.38. The van der Waals surface area contributed by atoms with Crippen molar-refractivity contribution in [1.82, 2.24) is 20.1 Å². The summed E-state index contributed by atoms with van der Waals surface area (Å²) in [6.07, 6.45) is 10.7. The minimum absolute atomic E-state index is 0. The molecule has 3 saturated heterocycles. The largest absolute Gasteiger partial charge is 0.488 e. The molecule has 3 aliphatic heterocycles. The molecule has 3 fully saturated rings. The third-order valence-corrected chi connectivity index (χ3v) is 9.46. The van der Waals surface area contributed by atoms with Crippen molar-refractivity contribution in [3.05, 3.63) is 66.1 Å². The molecule has 3 aliphatic rings. The summed E-state index contributed by atoms with van der Waals surface area (Å²) >= 11 is 0. The molecule has 2 N–H and O–H groups in total. The van der Waals surface area contributed by atoms with Crippen LogP contribution in [0.4, 0.5) is 0 Å². The number of amides is 1. The van der Waals surface area contributed by atoms with Crippen LogP contribution in [0.3, 0.4) is 0 Å². The third-order valence-electron chi connectivity index (χ3n) is 9.46. The molecular weight excluding hydrogens is 571 g/mol. The number of hydrogen-bond acceptors (Lipinski definition) is 5. The first kappa shape index (κ1) is 30.7. The van der Waals surface area contributed by atoms with Gasteiger partial charge in [0.2, 0.25) is 0 Å². The van der Waals surface area contributed by atoms with Gasteiger partial charge in [-0.2, -0.15) is 0 Å². The predicted octanol–water partition coefficient (Wildman–Crippen LogP) is 6.80. The van der Waals surface area contributed by atoms with Crippen LogP contribution in [-0.4, -0.2) is 65.5 Å². The van der Waals surface area contributed by atoms with Gasteiger partial charge in [-0.25, -0.2) is 0 Å². The number of rotatable bonds is 7. The van der Waals surface area contributed by atoms with Gasteiger partial charge < -0.3 is 29.3 Å². The fourth-order valence-corrected chi connectivity index (χ4v) is 7.32. The molecule has 226 valence electrons. The number of nitrogens with zero attached hydrogens (tertiary/aromatic N) is 2. The second-order valence-electron chi connectivity index (χ2n) is 12.0. The number of halogens is 2. The van der Waals surface area contributed by atoms with Crippen molar-refractivity contribution < 1.29 is 13.9 Å². The lowest BCUT2D eigenvalue weighted by Gasteiger charge is -2.46. The highest BCUT2D eigenvalue weighted by Crippen LogP contribution is 2.32. The minimum atomic E-state index is -0.0356. The molecule has 7 rings (SSSR count). The first-order chi connectivity index (χ1) is 19.7. The number of piperidine rings is 3. The highest BCUT2D eigenvalue weighted by Gasteiger charge is 2.34. The summed E-state index contributed by atoms with van der Waals surface area (Å²) in [5, 5.41) is 5.28. The molecule has 42 heavy (non-hydrogen) atoms. The number of likely N-dealkylation sites (tertiary alicyclic amines) is 1. The van der Waals surface area contributed by atoms with Gasteiger partial charge in [0.05, 0.1) is 6.26 Å². The van der Waals surface area contributed by atoms with Gasteiger partial charge in [-0.05, 0) is 81.8 Å². The van der Waals surface area contributed by atoms with Crippen molar-refractivity contribution in [3.8, 4) is 5.75 Å². The monoisotopic (exact) mass is 612 g/mol. The summed E-state index contributed by atoms with van der Waals surface area (Å²) < 4.78 is 11.9. The SMILES string of the molecule is Cl.Cl.O=C(NC1CCN(C[C@@H]2CCCN3CCCC[C@H]23)CC1)c1cc2c(OCc3coc4ccccc34)cccc2[nH]1. The van der Waals surface area contributed by atoms with Crippen molar-refractivity contribution in [3.63, 3.8) is 0 Å². The zero-order valence-corrected chi connectivity index (χ0v) is 25.7. The van der Waals surface area contributed by atoms with E-state index in [0.29, 0.717) is 12.3 Å². The molecule has 4 aromatic rings. The predicted molar refractivity (Wildman–Crippen MR) is 172 cm³/mol. The van der Waals surface area contributed by atoms with E-state index in [1.807, 2.05) is 48.5 Å². The quantitative estimate of drug-likeness (QED) is 0.240. The Morgan fingerprint density at radius 1 is 0.929 bits per heavy atom. The average Bonchev–Trinajstić information content (AvgIpc) is 3.62. The number of nitrogens with one attached hydrogen (secondary N) is 2. The minimum Gasteiger partial charge on any atom is -0.488 e. The number of ether oxygens (including phenoxy) is 1. The Morgan fingerprint density at radius 3 is 2.64 bits per heavy atom. The Kier molecular flexibility index (Phi) is 10.0. The summed E-state index contributed by atoms with van der Waals surface area (Å²) in [5.41, 5.74) is 3.35. The summed E-state index contributed by atoms with van der Waals surface area (Å²) in [7, 11) is 0. The molecule has 0 radical (unpaired) electrons. The second kappa shape index (κ2) is 13.7. The standard InChI is InChI=1S/C33H40N4O3.2ClH/c38-33(34-25-13-17-36(18-14-25)20-23-7-6-16-37-15-4-3-10-30(23)37)29-19-27-28(35-29)9-5-12-32(27)40-22-24-21-39-31-11-2-1-8-26(24)31;;/h1-2,5,8-9,11-12,19,21,23,25,30,35H,3-4,6-7,10,13-18,20,22H2,(H,34,38);2*1H/t23-,30+;;/m0../s1. The van der Waals surface area contributed by atoms with Gasteiger partial charge >= 0.3 is 0 Å². The van der Waals surface area contributed by atoms with Crippen LogP contribution in [-0.2, 0) is 6.61 Å². The van der Waals surface area contributed by atoms with E-state index >= 15 is 0 Å². The molecule has 0 bridgehead atoms. The fourth-order valence-electron chi connectivity index (χ4n) is 7.32. The van der Waals surface area contributed by atoms with Gasteiger partial charge in [0.1, 0.15) is 23.6 Å². The number of H-pyrrole nitrogens is 1. The molecule has 1 amide bonds. The Balaban J connectivity index is 0.00000176. The number of aromatic amines is 1. The van der Waals surface area contributed by atoms with Crippen LogP contribution in [0.25, 0.3) is 21.9 Å². The first-order valence-corrected chi connectivity index (χ1v) is 15.2. The Morgan fingerprint density at radius 2 is 1.76 bits per heavy atom. The van der Waals surface area contributed by atoms with Gasteiger partial charge in [-0.3, -0.25) is 4.79 Å². The first-order valence-electron chi connectivity index (χ1n) is 15.2. The maximum Gasteiger partial charge on any atom is 0.267 e. The lowest BCUT2D eigenvalue weighted by atomic mass is 9.83. The second-order valence-corrected chi connectivity index (χ2v) is 12.0. The molecule has 5 heterocycles. The smallest absolute Gasteiger partial charge is 0.267 e. The number of carbonyl (C=O) groups excluding carboxylic acids is 1. The van der Waals surface area contributed by atoms with Gasteiger partial charge in [0.25, 0.3) is 5.91 Å². The lowest BCUT2D eigenvalue weighted by molar-refractivity contribution is 0.0351. The van der Waals surface area contributed by atoms with Crippen molar-refractivity contribution in [2.45, 2.75) is 63.6 Å². The number of aromatic nitrogens is 1. The maximum atomic E-state index is 13.2. The lowest BCUT2D eigenvalue weighted by Crippen LogP contribution is -2.52. The molecule has 0 saturated carbocycles. The van der Waals surface area contributed by atoms with Crippen LogP contribution in [0.1, 0.15) is 61.0 Å². The van der Waals surface area contributed by atoms with E-state index in [9.17, 15) is 4.79 Å². The number of benzene rings is 2. The number of carbonyl (C=O) groups is 1. The number of para-hydroxylation sites is 1. The van der Waals surface area contributed by atoms with E-state index in [4.69, 9.17) is 9.15 Å². The Hall–Kier alpha value is -2.71. The van der Waals surface area contributed by atoms with Crippen LogP contribution < -0.4 is 10.1 Å². The molecule has 0 aliphatic carbocycles. The van der Waals surface area contributed by atoms with E-state index in [-0.39, 0.29) is 36.8 Å². The van der Waals surface area contributed by atoms with E-state index < -0.39 is 0 Å². The highest BCUT2D eigenvalue weighted by atomic mass is 35.5. The number of fused-ring (bicyclic) bond motifs is 3. The molecule has 2 aromatic heterocycles. The number of hydrogen-bond donors (Lipinski definition) is 2. The normalized spacial score (nSPS) is 21.8. The summed E-state index contributed by atoms with van der Waals surface area (Å²) in [4.78, 5) is 22.0. The number of furan rings is 1. The van der Waals surface area contributed by atoms with E-state index in [0.717, 1.165) is 71.1 Å². The van der Waals surface area contributed by atoms with Crippen molar-refractivity contribution >= 4 is 52.6 Å². The Bertz CT molecular complexity index is 1480. The van der Waals surface area contributed by atoms with Crippen molar-refractivity contribution in [2.24, 2.45) is 5.92 Å². The average molecular weight is 614 g/mol. The van der Waals surface area contributed by atoms with Crippen LogP contribution in [0.2, 0.25) is 0 Å². The maximum absolute atomic E-state index is 13.2. The molecule has 0 unspecified atom stereocenters. The molecule has 2 aromatic carbocycles. The molecular formula is C33H42Cl2N4O3. The van der Waals surface area contributed by atoms with Crippen molar-refractivity contribution in [1.29, 1.82) is 0 Å². The summed E-state index contributed by atoms with van der Waals surface area (Å²) in [6, 6.07) is 16.8. The Labute approximate surface area is 260 Å². The van der Waals surface area contributed by atoms with Crippen LogP contribution >= 0.6 is 24.8 Å². The van der Waals surface area contributed by atoms with Crippen molar-refractivity contribution in [2.75, 3.05) is 32.7 Å². The zero-order valence-electron chi connectivity index (χ0n) is 24.1. The van der Waals surface area contributed by atoms with Gasteiger partial charge in [0.15, 0.2) is 0 Å². The molecule has 9 heteroatoms. The molecule has 2 atom stereocenters. The highest BCUT2D eigenvalue weighted by molar-refractivity contribution is 5.99. The zero-order chi connectivity index (χ0) is 26.9. The summed E-state index contributed by atoms with van der Waals surface area (Å²) in [5.74, 6) is 1.53. The van der Waals surface area contributed by atoms with Gasteiger partial charge in [-0.1, -0.05) is 30.7 Å². The van der Waals surface area contributed by atoms with Crippen LogP contribution in [0.5, 0.6) is 5.75 Å². The van der Waals surface area contributed by atoms with E-state index in [2.05, 4.69) is 20.1 Å². The van der Waals surface area contributed by atoms with Gasteiger partial charge in [0, 0.05) is 53.6 Å². The molecule has 7 nitrogen and oxygen atoms in total. The van der Waals surface area contributed by atoms with Crippen LogP contribution in [0.15, 0.2) is 59.2 Å². The topological polar surface area (TPSA) is 73.7 Å². The van der Waals surface area contributed by atoms with Gasteiger partial charge in [-0.15, -0.1) is 24.8 Å². The van der Waals surface area contributed by atoms with Crippen LogP contribution in [0, 0.1) is 5.92 Å². The fraction of sp³-hybridized carbons (Fsp3) is 0.485. The van der Waals surface area contributed by atoms with E-state index in [1.54, 1.807) is 6.26 Å².